The number of carboxylic acid groups (broad SMARTS) is 4. The van der Waals surface area contributed by atoms with Crippen molar-refractivity contribution < 1.29 is 87.3 Å². The van der Waals surface area contributed by atoms with Gasteiger partial charge in [-0.1, -0.05) is 84.0 Å². The van der Waals surface area contributed by atoms with Crippen molar-refractivity contribution in [1.29, 1.82) is 0 Å². The number of unbranched alkanes of at least 4 members (excludes halogenated alkanes) is 13. The third-order valence-electron chi connectivity index (χ3n) is 11.1. The SMILES string of the molecule is CCCNC(=O)COCCOCCNC(=O)CC[C@H](NCOCCC[C@H](NC(=O)COCCOCCNC(=O)CC[C@H](NC(=O)CCCCCCCCCCCCCCCCC(=O)O)C(=O)O)C(=O)O)C(=O)O. The van der Waals surface area contributed by atoms with Gasteiger partial charge < -0.3 is 70.7 Å². The highest BCUT2D eigenvalue weighted by Crippen LogP contribution is 2.14. The number of nitrogens with one attached hydrogen (secondary N) is 6. The molecule has 0 saturated heterocycles. The number of hydrogen-bond acceptors (Lipinski definition) is 15. The van der Waals surface area contributed by atoms with Crippen molar-refractivity contribution in [1.82, 2.24) is 31.9 Å². The molecule has 24 nitrogen and oxygen atoms in total. The molecule has 0 unspecified atom stereocenters. The zero-order chi connectivity index (χ0) is 54.2. The lowest BCUT2D eigenvalue weighted by molar-refractivity contribution is -0.143. The number of rotatable bonds is 53. The van der Waals surface area contributed by atoms with Crippen LogP contribution in [0, 0.1) is 0 Å². The van der Waals surface area contributed by atoms with Gasteiger partial charge in [-0.05, 0) is 44.9 Å². The summed E-state index contributed by atoms with van der Waals surface area (Å²) in [5.41, 5.74) is 0. The van der Waals surface area contributed by atoms with Gasteiger partial charge in [0, 0.05) is 51.9 Å². The predicted molar refractivity (Wildman–Crippen MR) is 266 cm³/mol. The Morgan fingerprint density at radius 2 is 0.781 bits per heavy atom. The standard InChI is InChI=1S/C49H88N6O18/c1-2-25-50-44(59)35-71-33-31-69-29-26-51-41(56)23-21-38(47(63)64)53-37-73-28-17-18-39(48(65)66)55-45(60)36-72-34-32-70-30-27-52-42(57)24-22-40(49(67)68)54-43(58)19-15-13-11-9-7-5-3-4-6-8-10-12-14-16-20-46(61)62/h38-40,53H,2-37H2,1H3,(H,50,59)(H,51,56)(H,52,57)(H,54,58)(H,55,60)(H,61,62)(H,63,64)(H,65,66)(H,67,68)/t38-,39-,40-/m0/s1. The molecule has 0 aliphatic rings. The van der Waals surface area contributed by atoms with E-state index in [1.54, 1.807) is 0 Å². The Morgan fingerprint density at radius 3 is 1.26 bits per heavy atom. The predicted octanol–water partition coefficient (Wildman–Crippen LogP) is 2.63. The first-order valence-electron chi connectivity index (χ1n) is 26.1. The van der Waals surface area contributed by atoms with E-state index in [0.717, 1.165) is 57.8 Å². The lowest BCUT2D eigenvalue weighted by atomic mass is 10.0. The topological polar surface area (TPSA) is 353 Å². The van der Waals surface area contributed by atoms with Crippen LogP contribution >= 0.6 is 0 Å². The van der Waals surface area contributed by atoms with E-state index in [-0.39, 0.29) is 142 Å². The van der Waals surface area contributed by atoms with Crippen LogP contribution in [0.25, 0.3) is 0 Å². The fraction of sp³-hybridized carbons (Fsp3) is 0.816. The molecule has 10 N–H and O–H groups in total. The molecule has 0 rings (SSSR count). The molecule has 24 heteroatoms. The molecule has 0 radical (unpaired) electrons. The average molecular weight is 1050 g/mol. The fourth-order valence-electron chi connectivity index (χ4n) is 6.97. The van der Waals surface area contributed by atoms with Crippen LogP contribution in [0.4, 0.5) is 0 Å². The summed E-state index contributed by atoms with van der Waals surface area (Å²) < 4.78 is 26.5. The van der Waals surface area contributed by atoms with E-state index in [0.29, 0.717) is 13.0 Å². The Labute approximate surface area is 430 Å². The van der Waals surface area contributed by atoms with Crippen LogP contribution in [0.3, 0.4) is 0 Å². The van der Waals surface area contributed by atoms with Gasteiger partial charge in [-0.2, -0.15) is 0 Å². The van der Waals surface area contributed by atoms with Gasteiger partial charge in [0.25, 0.3) is 0 Å². The van der Waals surface area contributed by atoms with Crippen molar-refractivity contribution >= 4 is 53.4 Å². The molecule has 0 saturated carbocycles. The summed E-state index contributed by atoms with van der Waals surface area (Å²) in [6.07, 6.45) is 16.0. The molecule has 5 amide bonds. The Hall–Kier alpha value is -5.01. The summed E-state index contributed by atoms with van der Waals surface area (Å²) in [5.74, 6) is -6.42. The first-order valence-corrected chi connectivity index (χ1v) is 26.1. The molecule has 0 aromatic heterocycles. The van der Waals surface area contributed by atoms with Crippen LogP contribution in [0.1, 0.15) is 155 Å². The van der Waals surface area contributed by atoms with Crippen molar-refractivity contribution in [2.45, 2.75) is 173 Å². The van der Waals surface area contributed by atoms with Gasteiger partial charge in [-0.15, -0.1) is 0 Å². The minimum absolute atomic E-state index is 0.000861. The number of aliphatic carboxylic acids is 4. The van der Waals surface area contributed by atoms with Gasteiger partial charge in [0.2, 0.25) is 29.5 Å². The first-order chi connectivity index (χ1) is 35.2. The molecule has 422 valence electrons. The van der Waals surface area contributed by atoms with E-state index in [1.807, 2.05) is 6.92 Å². The van der Waals surface area contributed by atoms with Gasteiger partial charge in [0.05, 0.1) is 46.4 Å². The molecule has 0 bridgehead atoms. The van der Waals surface area contributed by atoms with E-state index < -0.39 is 60.4 Å². The van der Waals surface area contributed by atoms with E-state index in [4.69, 9.17) is 28.8 Å². The van der Waals surface area contributed by atoms with Gasteiger partial charge in [0.1, 0.15) is 31.3 Å². The van der Waals surface area contributed by atoms with Gasteiger partial charge >= 0.3 is 23.9 Å². The molecular formula is C49H88N6O18. The number of amides is 5. The fourth-order valence-corrected chi connectivity index (χ4v) is 6.97. The second-order valence-electron chi connectivity index (χ2n) is 17.5. The third kappa shape index (κ3) is 45.3. The molecule has 0 aliphatic heterocycles. The van der Waals surface area contributed by atoms with Gasteiger partial charge in [0.15, 0.2) is 0 Å². The Bertz CT molecular complexity index is 1540. The highest BCUT2D eigenvalue weighted by Gasteiger charge is 2.22. The summed E-state index contributed by atoms with van der Waals surface area (Å²) in [6, 6.07) is -3.50. The highest BCUT2D eigenvalue weighted by molar-refractivity contribution is 5.85. The second kappa shape index (κ2) is 48.0. The van der Waals surface area contributed by atoms with Crippen LogP contribution in [-0.4, -0.2) is 178 Å². The smallest absolute Gasteiger partial charge is 0.326 e. The van der Waals surface area contributed by atoms with Crippen molar-refractivity contribution in [3.63, 3.8) is 0 Å². The van der Waals surface area contributed by atoms with Crippen molar-refractivity contribution in [2.75, 3.05) is 85.8 Å². The Morgan fingerprint density at radius 1 is 0.370 bits per heavy atom. The number of carbonyl (C=O) groups excluding carboxylic acids is 5. The number of ether oxygens (including phenoxy) is 5. The summed E-state index contributed by atoms with van der Waals surface area (Å²) in [6.45, 7) is 3.05. The summed E-state index contributed by atoms with van der Waals surface area (Å²) in [7, 11) is 0. The minimum Gasteiger partial charge on any atom is -0.481 e. The summed E-state index contributed by atoms with van der Waals surface area (Å²) >= 11 is 0. The number of carbonyl (C=O) groups is 9. The zero-order valence-electron chi connectivity index (χ0n) is 43.2. The van der Waals surface area contributed by atoms with Gasteiger partial charge in [-0.25, -0.2) is 9.59 Å². The zero-order valence-corrected chi connectivity index (χ0v) is 43.2. The van der Waals surface area contributed by atoms with Crippen LogP contribution in [0.2, 0.25) is 0 Å². The summed E-state index contributed by atoms with van der Waals surface area (Å²) in [4.78, 5) is 106. The molecule has 0 heterocycles. The maximum atomic E-state index is 12.4. The van der Waals surface area contributed by atoms with Crippen molar-refractivity contribution in [2.24, 2.45) is 0 Å². The molecule has 0 fully saturated rings. The van der Waals surface area contributed by atoms with Gasteiger partial charge in [-0.3, -0.25) is 38.9 Å². The Balaban J connectivity index is 3.98. The van der Waals surface area contributed by atoms with Crippen molar-refractivity contribution in [3.8, 4) is 0 Å². The molecule has 3 atom stereocenters. The van der Waals surface area contributed by atoms with Crippen LogP contribution in [0.15, 0.2) is 0 Å². The lowest BCUT2D eigenvalue weighted by Gasteiger charge is -2.16. The van der Waals surface area contributed by atoms with Crippen molar-refractivity contribution in [3.05, 3.63) is 0 Å². The van der Waals surface area contributed by atoms with E-state index in [2.05, 4.69) is 31.9 Å². The molecule has 0 aromatic carbocycles. The maximum absolute atomic E-state index is 12.4. The normalized spacial score (nSPS) is 12.3. The highest BCUT2D eigenvalue weighted by atomic mass is 16.5. The van der Waals surface area contributed by atoms with E-state index >= 15 is 0 Å². The van der Waals surface area contributed by atoms with E-state index in [1.165, 1.54) is 32.1 Å². The second-order valence-corrected chi connectivity index (χ2v) is 17.5. The maximum Gasteiger partial charge on any atom is 0.326 e. The molecular weight excluding hydrogens is 961 g/mol. The van der Waals surface area contributed by atoms with Crippen LogP contribution < -0.4 is 31.9 Å². The third-order valence-corrected chi connectivity index (χ3v) is 11.1. The first kappa shape index (κ1) is 68.0. The molecule has 0 aromatic rings. The molecule has 73 heavy (non-hydrogen) atoms. The summed E-state index contributed by atoms with van der Waals surface area (Å²) in [5, 5.41) is 52.7. The lowest BCUT2D eigenvalue weighted by Crippen LogP contribution is -2.42. The number of hydrogen-bond donors (Lipinski definition) is 10. The molecule has 0 aliphatic carbocycles. The minimum atomic E-state index is -1.27. The van der Waals surface area contributed by atoms with Crippen LogP contribution in [0.5, 0.6) is 0 Å². The Kier molecular flexibility index (Phi) is 44.7. The number of carboxylic acids is 4. The van der Waals surface area contributed by atoms with E-state index in [9.17, 15) is 58.5 Å². The quantitative estimate of drug-likeness (QED) is 0.0309. The van der Waals surface area contributed by atoms with Crippen LogP contribution in [-0.2, 0) is 66.8 Å². The molecule has 0 spiro atoms. The largest absolute Gasteiger partial charge is 0.481 e. The average Bonchev–Trinajstić information content (AvgIpc) is 3.34. The monoisotopic (exact) mass is 1050 g/mol.